The van der Waals surface area contributed by atoms with Gasteiger partial charge in [-0.15, -0.1) is 0 Å². The lowest BCUT2D eigenvalue weighted by Crippen LogP contribution is -2.51. The molecule has 2 nitrogen and oxygen atoms in total. The number of nitrogens with zero attached hydrogens (tertiary/aromatic N) is 1. The Kier molecular flexibility index (Phi) is 6.31. The van der Waals surface area contributed by atoms with E-state index in [2.05, 4.69) is 187 Å². The van der Waals surface area contributed by atoms with Crippen LogP contribution in [0.2, 0.25) is 0 Å². The first-order chi connectivity index (χ1) is 24.3. The van der Waals surface area contributed by atoms with Gasteiger partial charge in [0.05, 0.1) is 11.0 Å². The molecule has 8 aromatic carbocycles. The van der Waals surface area contributed by atoms with Crippen molar-refractivity contribution in [1.29, 1.82) is 0 Å². The number of para-hydroxylation sites is 1. The Morgan fingerprint density at radius 3 is 1.82 bits per heavy atom. The van der Waals surface area contributed by atoms with Gasteiger partial charge in [0.1, 0.15) is 11.5 Å². The topological polar surface area (TPSA) is 14.2 Å². The van der Waals surface area contributed by atoms with Crippen molar-refractivity contribution in [3.8, 4) is 39.4 Å². The van der Waals surface area contributed by atoms with Crippen LogP contribution in [-0.4, -0.2) is 11.3 Å². The SMILES string of the molecule is c1ccc(B(c2ccccc2)c2ccc(-n3c4ccccc4c4cc(-c5ccc6c(c5)-c5cccc7cccc(c57)O6)ccc43)cc2)cc1. The molecular formula is C46H30BNO. The summed E-state index contributed by atoms with van der Waals surface area (Å²) in [5.74, 6) is 1.82. The molecular weight excluding hydrogens is 593 g/mol. The second-order valence-electron chi connectivity index (χ2n) is 12.9. The van der Waals surface area contributed by atoms with Gasteiger partial charge < -0.3 is 9.30 Å². The molecule has 3 heteroatoms. The van der Waals surface area contributed by atoms with Gasteiger partial charge in [-0.1, -0.05) is 150 Å². The average molecular weight is 624 g/mol. The zero-order valence-corrected chi connectivity index (χ0v) is 26.8. The molecule has 0 unspecified atom stereocenters. The average Bonchev–Trinajstić information content (AvgIpc) is 3.50. The summed E-state index contributed by atoms with van der Waals surface area (Å²) in [7, 11) is 0. The minimum Gasteiger partial charge on any atom is -0.456 e. The highest BCUT2D eigenvalue weighted by Gasteiger charge is 2.23. The van der Waals surface area contributed by atoms with Crippen molar-refractivity contribution < 1.29 is 4.74 Å². The molecule has 0 fully saturated rings. The van der Waals surface area contributed by atoms with E-state index in [9.17, 15) is 0 Å². The summed E-state index contributed by atoms with van der Waals surface area (Å²) in [5, 5.41) is 4.86. The second-order valence-corrected chi connectivity index (χ2v) is 12.9. The van der Waals surface area contributed by atoms with Gasteiger partial charge in [-0.25, -0.2) is 0 Å². The Morgan fingerprint density at radius 1 is 0.408 bits per heavy atom. The number of aromatic nitrogens is 1. The summed E-state index contributed by atoms with van der Waals surface area (Å²) >= 11 is 0. The highest BCUT2D eigenvalue weighted by Crippen LogP contribution is 2.47. The van der Waals surface area contributed by atoms with E-state index < -0.39 is 0 Å². The van der Waals surface area contributed by atoms with Gasteiger partial charge in [-0.05, 0) is 70.6 Å². The molecule has 49 heavy (non-hydrogen) atoms. The first kappa shape index (κ1) is 27.8. The molecule has 1 aromatic heterocycles. The minimum absolute atomic E-state index is 0.166. The predicted octanol–water partition coefficient (Wildman–Crippen LogP) is 9.89. The van der Waals surface area contributed by atoms with E-state index in [1.807, 2.05) is 0 Å². The molecule has 1 aliphatic heterocycles. The molecule has 0 aliphatic carbocycles. The van der Waals surface area contributed by atoms with Gasteiger partial charge >= 0.3 is 0 Å². The standard InChI is InChI=1S/C46H30BNO/c1-3-13-34(14-4-1)47(35-15-5-2-6-16-35)36-23-25-37(26-24-36)48-42-19-8-7-17-38(42)40-29-32(21-27-43(40)48)33-22-28-44-41(30-33)39-18-9-11-31-12-10-20-45(49-44)46(31)39/h1-30H. The van der Waals surface area contributed by atoms with Crippen LogP contribution in [-0.2, 0) is 0 Å². The summed E-state index contributed by atoms with van der Waals surface area (Å²) in [5.41, 5.74) is 12.1. The van der Waals surface area contributed by atoms with Crippen LogP contribution in [0.4, 0.5) is 0 Å². The van der Waals surface area contributed by atoms with Gasteiger partial charge in [0, 0.05) is 27.4 Å². The summed E-state index contributed by atoms with van der Waals surface area (Å²) < 4.78 is 8.79. The number of ether oxygens (including phenoxy) is 1. The molecule has 0 N–H and O–H groups in total. The number of benzene rings is 8. The zero-order valence-electron chi connectivity index (χ0n) is 26.8. The molecule has 0 spiro atoms. The fourth-order valence-electron chi connectivity index (χ4n) is 7.86. The lowest BCUT2D eigenvalue weighted by molar-refractivity contribution is 0.487. The highest BCUT2D eigenvalue weighted by molar-refractivity contribution is 6.95. The molecule has 0 saturated carbocycles. The van der Waals surface area contributed by atoms with Crippen LogP contribution < -0.4 is 21.1 Å². The lowest BCUT2D eigenvalue weighted by Gasteiger charge is -2.22. The molecule has 2 heterocycles. The maximum atomic E-state index is 6.39. The molecule has 9 aromatic rings. The van der Waals surface area contributed by atoms with E-state index in [1.165, 1.54) is 65.7 Å². The largest absolute Gasteiger partial charge is 0.456 e. The van der Waals surface area contributed by atoms with Gasteiger partial charge in [0.15, 0.2) is 0 Å². The van der Waals surface area contributed by atoms with Crippen molar-refractivity contribution in [3.63, 3.8) is 0 Å². The summed E-state index contributed by atoms with van der Waals surface area (Å²) in [4.78, 5) is 0. The molecule has 0 saturated heterocycles. The normalized spacial score (nSPS) is 11.8. The summed E-state index contributed by atoms with van der Waals surface area (Å²) in [6.45, 7) is 0.166. The van der Waals surface area contributed by atoms with E-state index in [1.54, 1.807) is 0 Å². The van der Waals surface area contributed by atoms with Gasteiger partial charge in [-0.3, -0.25) is 0 Å². The third-order valence-electron chi connectivity index (χ3n) is 10.1. The van der Waals surface area contributed by atoms with Crippen molar-refractivity contribution in [2.45, 2.75) is 0 Å². The van der Waals surface area contributed by atoms with E-state index >= 15 is 0 Å². The minimum atomic E-state index is 0.166. The molecule has 228 valence electrons. The van der Waals surface area contributed by atoms with Crippen molar-refractivity contribution in [1.82, 2.24) is 4.57 Å². The van der Waals surface area contributed by atoms with Crippen LogP contribution in [0.25, 0.3) is 60.5 Å². The molecule has 10 rings (SSSR count). The summed E-state index contributed by atoms with van der Waals surface area (Å²) in [6, 6.07) is 65.7. The fraction of sp³-hybridized carbons (Fsp3) is 0. The molecule has 1 aliphatic rings. The maximum Gasteiger partial charge on any atom is 0.241 e. The summed E-state index contributed by atoms with van der Waals surface area (Å²) in [6.07, 6.45) is 0. The second kappa shape index (κ2) is 11.1. The Balaban J connectivity index is 1.08. The predicted molar refractivity (Wildman–Crippen MR) is 207 cm³/mol. The smallest absolute Gasteiger partial charge is 0.241 e. The number of hydrogen-bond donors (Lipinski definition) is 0. The lowest BCUT2D eigenvalue weighted by atomic mass is 9.37. The molecule has 0 atom stereocenters. The van der Waals surface area contributed by atoms with Crippen LogP contribution in [0.5, 0.6) is 11.5 Å². The number of rotatable bonds is 5. The first-order valence-electron chi connectivity index (χ1n) is 16.9. The van der Waals surface area contributed by atoms with Crippen molar-refractivity contribution >= 4 is 55.7 Å². The van der Waals surface area contributed by atoms with Crippen LogP contribution in [0.3, 0.4) is 0 Å². The van der Waals surface area contributed by atoms with E-state index in [4.69, 9.17) is 4.74 Å². The van der Waals surface area contributed by atoms with Gasteiger partial charge in [0.2, 0.25) is 6.71 Å². The molecule has 0 radical (unpaired) electrons. The first-order valence-corrected chi connectivity index (χ1v) is 16.9. The van der Waals surface area contributed by atoms with Crippen LogP contribution in [0.15, 0.2) is 182 Å². The van der Waals surface area contributed by atoms with Crippen LogP contribution in [0.1, 0.15) is 0 Å². The Hall–Kier alpha value is -6.32. The van der Waals surface area contributed by atoms with E-state index in [-0.39, 0.29) is 6.71 Å². The van der Waals surface area contributed by atoms with Crippen molar-refractivity contribution in [2.24, 2.45) is 0 Å². The van der Waals surface area contributed by atoms with Crippen LogP contribution >= 0.6 is 0 Å². The monoisotopic (exact) mass is 623 g/mol. The third-order valence-corrected chi connectivity index (χ3v) is 10.1. The highest BCUT2D eigenvalue weighted by atomic mass is 16.5. The van der Waals surface area contributed by atoms with E-state index in [0.717, 1.165) is 22.7 Å². The Labute approximate surface area is 285 Å². The molecule has 0 amide bonds. The number of hydrogen-bond acceptors (Lipinski definition) is 1. The number of fused-ring (bicyclic) bond motifs is 5. The fourth-order valence-corrected chi connectivity index (χ4v) is 7.86. The molecule has 0 bridgehead atoms. The van der Waals surface area contributed by atoms with Crippen LogP contribution in [0, 0.1) is 0 Å². The van der Waals surface area contributed by atoms with Crippen molar-refractivity contribution in [3.05, 3.63) is 182 Å². The van der Waals surface area contributed by atoms with E-state index in [0.29, 0.717) is 0 Å². The van der Waals surface area contributed by atoms with Crippen molar-refractivity contribution in [2.75, 3.05) is 0 Å². The quantitative estimate of drug-likeness (QED) is 0.174. The maximum absolute atomic E-state index is 6.39. The Bertz CT molecular complexity index is 2630. The third kappa shape index (κ3) is 4.51. The zero-order chi connectivity index (χ0) is 32.3. The Morgan fingerprint density at radius 2 is 1.04 bits per heavy atom. The van der Waals surface area contributed by atoms with Gasteiger partial charge in [-0.2, -0.15) is 0 Å². The van der Waals surface area contributed by atoms with Gasteiger partial charge in [0.25, 0.3) is 0 Å².